The average molecular weight is 410 g/mol. The quantitative estimate of drug-likeness (QED) is 0.570. The summed E-state index contributed by atoms with van der Waals surface area (Å²) < 4.78 is 26.8. The molecule has 0 N–H and O–H groups in total. The molecule has 1 aliphatic rings. The number of halogens is 1. The summed E-state index contributed by atoms with van der Waals surface area (Å²) in [4.78, 5) is 24.1. The fourth-order valence-electron chi connectivity index (χ4n) is 2.87. The van der Waals surface area contributed by atoms with Crippen LogP contribution in [0.1, 0.15) is 10.4 Å². The molecule has 10 heteroatoms. The fraction of sp³-hybridized carbons (Fsp3) is 0.235. The Bertz CT molecular complexity index is 970. The van der Waals surface area contributed by atoms with Crippen molar-refractivity contribution in [3.63, 3.8) is 0 Å². The number of carbonyl (C=O) groups is 1. The third-order valence-corrected chi connectivity index (χ3v) is 6.49. The minimum absolute atomic E-state index is 0.0632. The van der Waals surface area contributed by atoms with Crippen LogP contribution in [0.2, 0.25) is 5.02 Å². The van der Waals surface area contributed by atoms with Crippen molar-refractivity contribution in [2.45, 2.75) is 4.90 Å². The van der Waals surface area contributed by atoms with Crippen LogP contribution < -0.4 is 0 Å². The zero-order valence-corrected chi connectivity index (χ0v) is 15.7. The molecule has 3 rings (SSSR count). The standard InChI is InChI=1S/C17H16ClN3O5S/c18-14-7-5-13(6-8-14)17(22)19-9-11-20(12-10-19)27(25,26)16-4-2-1-3-15(16)21(23)24/h1-8H,9-12H2. The maximum absolute atomic E-state index is 12.8. The Morgan fingerprint density at radius 2 is 1.59 bits per heavy atom. The van der Waals surface area contributed by atoms with Crippen LogP contribution in [0.15, 0.2) is 53.4 Å². The molecule has 0 aliphatic carbocycles. The molecule has 2 aromatic carbocycles. The lowest BCUT2D eigenvalue weighted by atomic mass is 10.2. The fourth-order valence-corrected chi connectivity index (χ4v) is 4.58. The van der Waals surface area contributed by atoms with Gasteiger partial charge in [0.05, 0.1) is 4.92 Å². The van der Waals surface area contributed by atoms with E-state index in [0.717, 1.165) is 6.07 Å². The van der Waals surface area contributed by atoms with Gasteiger partial charge < -0.3 is 4.90 Å². The minimum atomic E-state index is -4.02. The van der Waals surface area contributed by atoms with Crippen LogP contribution in [0, 0.1) is 10.1 Å². The van der Waals surface area contributed by atoms with E-state index in [1.54, 1.807) is 29.2 Å². The van der Waals surface area contributed by atoms with Crippen LogP contribution in [-0.2, 0) is 10.0 Å². The van der Waals surface area contributed by atoms with Gasteiger partial charge in [-0.15, -0.1) is 0 Å². The number of para-hydroxylation sites is 1. The van der Waals surface area contributed by atoms with Gasteiger partial charge in [0.2, 0.25) is 10.0 Å². The number of sulfonamides is 1. The second kappa shape index (κ2) is 7.63. The van der Waals surface area contributed by atoms with Gasteiger partial charge in [-0.3, -0.25) is 14.9 Å². The van der Waals surface area contributed by atoms with E-state index in [0.29, 0.717) is 10.6 Å². The van der Waals surface area contributed by atoms with Gasteiger partial charge in [0.15, 0.2) is 4.90 Å². The van der Waals surface area contributed by atoms with Crippen molar-refractivity contribution in [3.8, 4) is 0 Å². The van der Waals surface area contributed by atoms with Gasteiger partial charge in [0, 0.05) is 42.8 Å². The molecule has 0 spiro atoms. The van der Waals surface area contributed by atoms with Crippen LogP contribution in [0.3, 0.4) is 0 Å². The minimum Gasteiger partial charge on any atom is -0.336 e. The highest BCUT2D eigenvalue weighted by Crippen LogP contribution is 2.27. The van der Waals surface area contributed by atoms with Crippen molar-refractivity contribution >= 4 is 33.2 Å². The second-order valence-electron chi connectivity index (χ2n) is 5.93. The highest BCUT2D eigenvalue weighted by Gasteiger charge is 2.34. The maximum Gasteiger partial charge on any atom is 0.289 e. The van der Waals surface area contributed by atoms with Crippen molar-refractivity contribution in [1.82, 2.24) is 9.21 Å². The maximum atomic E-state index is 12.8. The molecule has 0 atom stereocenters. The molecule has 8 nitrogen and oxygen atoms in total. The van der Waals surface area contributed by atoms with Crippen molar-refractivity contribution in [3.05, 3.63) is 69.2 Å². The Labute approximate surface area is 161 Å². The highest BCUT2D eigenvalue weighted by molar-refractivity contribution is 7.89. The van der Waals surface area contributed by atoms with Crippen LogP contribution in [0.5, 0.6) is 0 Å². The molecule has 1 aliphatic heterocycles. The zero-order chi connectivity index (χ0) is 19.6. The normalized spacial score (nSPS) is 15.5. The van der Waals surface area contributed by atoms with E-state index >= 15 is 0 Å². The molecular weight excluding hydrogens is 394 g/mol. The van der Waals surface area contributed by atoms with Crippen molar-refractivity contribution in [1.29, 1.82) is 0 Å². The number of rotatable bonds is 4. The van der Waals surface area contributed by atoms with E-state index in [1.165, 1.54) is 22.5 Å². The second-order valence-corrected chi connectivity index (χ2v) is 8.27. The number of nitro groups is 1. The molecule has 0 bridgehead atoms. The monoisotopic (exact) mass is 409 g/mol. The molecule has 1 heterocycles. The van der Waals surface area contributed by atoms with Gasteiger partial charge in [-0.25, -0.2) is 8.42 Å². The number of nitrogens with zero attached hydrogens (tertiary/aromatic N) is 3. The number of hydrogen-bond donors (Lipinski definition) is 0. The summed E-state index contributed by atoms with van der Waals surface area (Å²) in [5, 5.41) is 11.7. The van der Waals surface area contributed by atoms with Crippen molar-refractivity contribution in [2.24, 2.45) is 0 Å². The number of amides is 1. The van der Waals surface area contributed by atoms with E-state index < -0.39 is 20.6 Å². The van der Waals surface area contributed by atoms with E-state index in [9.17, 15) is 23.3 Å². The van der Waals surface area contributed by atoms with Crippen molar-refractivity contribution in [2.75, 3.05) is 26.2 Å². The lowest BCUT2D eigenvalue weighted by Gasteiger charge is -2.34. The highest BCUT2D eigenvalue weighted by atomic mass is 35.5. The van der Waals surface area contributed by atoms with Gasteiger partial charge >= 0.3 is 0 Å². The van der Waals surface area contributed by atoms with Gasteiger partial charge in [-0.1, -0.05) is 23.7 Å². The molecule has 1 saturated heterocycles. The summed E-state index contributed by atoms with van der Waals surface area (Å²) >= 11 is 5.82. The van der Waals surface area contributed by atoms with Crippen molar-refractivity contribution < 1.29 is 18.1 Å². The predicted octanol–water partition coefficient (Wildman–Crippen LogP) is 2.39. The molecular formula is C17H16ClN3O5S. The molecule has 0 saturated carbocycles. The van der Waals surface area contributed by atoms with Gasteiger partial charge in [-0.2, -0.15) is 4.31 Å². The van der Waals surface area contributed by atoms with Crippen LogP contribution in [0.25, 0.3) is 0 Å². The van der Waals surface area contributed by atoms with Crippen LogP contribution >= 0.6 is 11.6 Å². The SMILES string of the molecule is O=C(c1ccc(Cl)cc1)N1CCN(S(=O)(=O)c2ccccc2[N+](=O)[O-])CC1. The number of piperazine rings is 1. The van der Waals surface area contributed by atoms with E-state index in [-0.39, 0.29) is 37.0 Å². The smallest absolute Gasteiger partial charge is 0.289 e. The first-order valence-electron chi connectivity index (χ1n) is 8.09. The first-order chi connectivity index (χ1) is 12.8. The molecule has 2 aromatic rings. The molecule has 27 heavy (non-hydrogen) atoms. The summed E-state index contributed by atoms with van der Waals surface area (Å²) in [5.41, 5.74) is 0.00609. The molecule has 142 valence electrons. The van der Waals surface area contributed by atoms with Gasteiger partial charge in [0.1, 0.15) is 0 Å². The number of hydrogen-bond acceptors (Lipinski definition) is 5. The Balaban J connectivity index is 1.74. The lowest BCUT2D eigenvalue weighted by Crippen LogP contribution is -2.50. The zero-order valence-electron chi connectivity index (χ0n) is 14.1. The van der Waals surface area contributed by atoms with Crippen LogP contribution in [-0.4, -0.2) is 54.6 Å². The Morgan fingerprint density at radius 1 is 1.00 bits per heavy atom. The summed E-state index contributed by atoms with van der Waals surface area (Å²) in [6, 6.07) is 11.7. The van der Waals surface area contributed by atoms with Crippen LogP contribution in [0.4, 0.5) is 5.69 Å². The van der Waals surface area contributed by atoms with E-state index in [1.807, 2.05) is 0 Å². The molecule has 1 amide bonds. The average Bonchev–Trinajstić information content (AvgIpc) is 2.68. The molecule has 0 unspecified atom stereocenters. The molecule has 0 aromatic heterocycles. The Morgan fingerprint density at radius 3 is 2.19 bits per heavy atom. The number of benzene rings is 2. The summed E-state index contributed by atoms with van der Waals surface area (Å²) in [7, 11) is -4.02. The number of carbonyl (C=O) groups excluding carboxylic acids is 1. The largest absolute Gasteiger partial charge is 0.336 e. The summed E-state index contributed by atoms with van der Waals surface area (Å²) in [6.07, 6.45) is 0. The number of nitro benzene ring substituents is 1. The topological polar surface area (TPSA) is 101 Å². The molecule has 0 radical (unpaired) electrons. The van der Waals surface area contributed by atoms with Gasteiger partial charge in [-0.05, 0) is 30.3 Å². The van der Waals surface area contributed by atoms with E-state index in [2.05, 4.69) is 0 Å². The summed E-state index contributed by atoms with van der Waals surface area (Å²) in [6.45, 7) is 0.518. The first kappa shape index (κ1) is 19.3. The first-order valence-corrected chi connectivity index (χ1v) is 9.91. The van der Waals surface area contributed by atoms with Gasteiger partial charge in [0.25, 0.3) is 11.6 Å². The molecule has 1 fully saturated rings. The Hall–Kier alpha value is -2.49. The summed E-state index contributed by atoms with van der Waals surface area (Å²) in [5.74, 6) is -0.214. The lowest BCUT2D eigenvalue weighted by molar-refractivity contribution is -0.387. The third kappa shape index (κ3) is 3.95. The Kier molecular flexibility index (Phi) is 5.45. The van der Waals surface area contributed by atoms with E-state index in [4.69, 9.17) is 11.6 Å². The third-order valence-electron chi connectivity index (χ3n) is 4.30. The predicted molar refractivity (Wildman–Crippen MR) is 99.2 cm³/mol.